The molecule has 1 aromatic carbocycles. The number of carbonyl (C=O) groups is 1. The van der Waals surface area contributed by atoms with Crippen molar-refractivity contribution in [3.05, 3.63) is 35.9 Å². The number of aliphatic carboxylic acids is 1. The average Bonchev–Trinajstić information content (AvgIpc) is 2.68. The van der Waals surface area contributed by atoms with Crippen molar-refractivity contribution in [1.82, 2.24) is 0 Å². The third-order valence-corrected chi connectivity index (χ3v) is 2.01. The minimum Gasteiger partial charge on any atom is -0.540 e. The fraction of sp³-hybridized carbons (Fsp3) is 0.200. The summed E-state index contributed by atoms with van der Waals surface area (Å²) >= 11 is 0. The predicted octanol–water partition coefficient (Wildman–Crippen LogP) is -3.09. The Labute approximate surface area is 109 Å². The van der Waals surface area contributed by atoms with E-state index in [4.69, 9.17) is 4.74 Å². The number of carbonyl (C=O) groups excluding carboxylic acids is 1. The van der Waals surface area contributed by atoms with E-state index in [0.29, 0.717) is 0 Å². The van der Waals surface area contributed by atoms with Crippen molar-refractivity contribution in [3.63, 3.8) is 0 Å². The largest absolute Gasteiger partial charge is 1.00 e. The average molecular weight is 213 g/mol. The van der Waals surface area contributed by atoms with Crippen LogP contribution in [-0.4, -0.2) is 18.5 Å². The molecule has 1 atom stereocenters. The molecule has 2 rings (SSSR count). The number of carboxylic acids is 1. The van der Waals surface area contributed by atoms with Crippen molar-refractivity contribution < 1.29 is 44.2 Å². The fourth-order valence-electron chi connectivity index (χ4n) is 1.33. The van der Waals surface area contributed by atoms with Crippen molar-refractivity contribution in [3.8, 4) is 0 Å². The summed E-state index contributed by atoms with van der Waals surface area (Å²) in [5, 5.41) is 10.4. The first kappa shape index (κ1) is 12.2. The van der Waals surface area contributed by atoms with Gasteiger partial charge in [0.15, 0.2) is 0 Å². The molecule has 0 saturated heterocycles. The zero-order chi connectivity index (χ0) is 9.97. The first-order chi connectivity index (χ1) is 6.77. The number of hydrogen-bond donors (Lipinski definition) is 0. The third-order valence-electron chi connectivity index (χ3n) is 2.01. The summed E-state index contributed by atoms with van der Waals surface area (Å²) in [5.74, 6) is -1.66. The molecule has 0 N–H and O–H groups in total. The topological polar surface area (TPSA) is 61.7 Å². The molecule has 0 radical (unpaired) electrons. The van der Waals surface area contributed by atoms with Crippen molar-refractivity contribution in [2.75, 3.05) is 6.61 Å². The van der Waals surface area contributed by atoms with Crippen LogP contribution in [-0.2, 0) is 9.53 Å². The molecule has 1 aliphatic heterocycles. The van der Waals surface area contributed by atoms with Crippen LogP contribution >= 0.6 is 0 Å². The van der Waals surface area contributed by atoms with Gasteiger partial charge >= 0.3 is 29.6 Å². The smallest absolute Gasteiger partial charge is 0.540 e. The van der Waals surface area contributed by atoms with E-state index in [1.165, 1.54) is 0 Å². The van der Waals surface area contributed by atoms with Gasteiger partial charge in [0.05, 0.1) is 0 Å². The molecule has 0 fully saturated rings. The van der Waals surface area contributed by atoms with Gasteiger partial charge in [-0.05, 0) is 5.56 Å². The van der Waals surface area contributed by atoms with Gasteiger partial charge in [0.25, 0.3) is 0 Å². The molecule has 0 bridgehead atoms. The Kier molecular flexibility index (Phi) is 4.32. The molecule has 72 valence electrons. The van der Waals surface area contributed by atoms with Crippen LogP contribution in [0.1, 0.15) is 11.6 Å². The van der Waals surface area contributed by atoms with Crippen molar-refractivity contribution in [2.24, 2.45) is 4.99 Å². The van der Waals surface area contributed by atoms with Crippen LogP contribution in [0.15, 0.2) is 35.3 Å². The first-order valence-corrected chi connectivity index (χ1v) is 4.24. The van der Waals surface area contributed by atoms with E-state index >= 15 is 0 Å². The quantitative estimate of drug-likeness (QED) is 0.489. The van der Waals surface area contributed by atoms with Crippen molar-refractivity contribution >= 4 is 11.9 Å². The Morgan fingerprint density at radius 3 is 2.60 bits per heavy atom. The Morgan fingerprint density at radius 1 is 1.40 bits per heavy atom. The van der Waals surface area contributed by atoms with Crippen molar-refractivity contribution in [1.29, 1.82) is 0 Å². The Bertz CT molecular complexity index is 378. The third kappa shape index (κ3) is 2.81. The van der Waals surface area contributed by atoms with E-state index in [9.17, 15) is 9.90 Å². The molecule has 1 aromatic rings. The van der Waals surface area contributed by atoms with Gasteiger partial charge in [-0.3, -0.25) is 0 Å². The zero-order valence-electron chi connectivity index (χ0n) is 8.34. The van der Waals surface area contributed by atoms with Crippen LogP contribution in [0.25, 0.3) is 0 Å². The first-order valence-electron chi connectivity index (χ1n) is 4.24. The van der Waals surface area contributed by atoms with Crippen LogP contribution < -0.4 is 34.7 Å². The second kappa shape index (κ2) is 5.30. The zero-order valence-corrected chi connectivity index (χ0v) is 10.3. The minimum atomic E-state index is -1.36. The normalized spacial score (nSPS) is 18.7. The van der Waals surface area contributed by atoms with Gasteiger partial charge in [-0.1, -0.05) is 30.3 Å². The van der Waals surface area contributed by atoms with E-state index in [1.807, 2.05) is 30.3 Å². The van der Waals surface area contributed by atoms with Gasteiger partial charge in [0.1, 0.15) is 18.6 Å². The number of ether oxygens (including phenoxy) is 1. The van der Waals surface area contributed by atoms with Crippen LogP contribution in [0.5, 0.6) is 0 Å². The van der Waals surface area contributed by atoms with E-state index in [2.05, 4.69) is 4.99 Å². The molecule has 1 heterocycles. The molecule has 0 aliphatic carbocycles. The molecule has 1 aliphatic rings. The molecule has 0 unspecified atom stereocenters. The maximum absolute atomic E-state index is 10.4. The maximum Gasteiger partial charge on any atom is 1.00 e. The minimum absolute atomic E-state index is 0. The second-order valence-corrected chi connectivity index (χ2v) is 2.96. The SMILES string of the molecule is O=C([O-])C1=N[C@@H](c2ccccc2)CO1.[Na+]. The van der Waals surface area contributed by atoms with E-state index < -0.39 is 5.97 Å². The van der Waals surface area contributed by atoms with Gasteiger partial charge in [-0.2, -0.15) is 0 Å². The molecule has 0 spiro atoms. The molecular formula is C10H8NNaO3. The summed E-state index contributed by atoms with van der Waals surface area (Å²) in [4.78, 5) is 14.3. The molecule has 0 saturated carbocycles. The summed E-state index contributed by atoms with van der Waals surface area (Å²) in [6, 6.07) is 9.20. The number of rotatable bonds is 2. The number of benzene rings is 1. The summed E-state index contributed by atoms with van der Waals surface area (Å²) in [7, 11) is 0. The number of carboxylic acid groups (broad SMARTS) is 1. The number of nitrogens with zero attached hydrogens (tertiary/aromatic N) is 1. The van der Waals surface area contributed by atoms with Gasteiger partial charge in [0.2, 0.25) is 5.90 Å². The molecule has 4 nitrogen and oxygen atoms in total. The number of aliphatic imine (C=N–C) groups is 1. The summed E-state index contributed by atoms with van der Waals surface area (Å²) in [5.41, 5.74) is 0.948. The van der Waals surface area contributed by atoms with E-state index in [-0.39, 0.29) is 48.1 Å². The van der Waals surface area contributed by atoms with Crippen LogP contribution in [0.3, 0.4) is 0 Å². The summed E-state index contributed by atoms with van der Waals surface area (Å²) in [6.45, 7) is 0.271. The van der Waals surface area contributed by atoms with Gasteiger partial charge in [-0.25, -0.2) is 4.99 Å². The summed E-state index contributed by atoms with van der Waals surface area (Å²) < 4.78 is 4.87. The van der Waals surface area contributed by atoms with E-state index in [1.54, 1.807) is 0 Å². The Balaban J connectivity index is 0.00000112. The van der Waals surface area contributed by atoms with Gasteiger partial charge in [0, 0.05) is 0 Å². The molecule has 0 amide bonds. The standard InChI is InChI=1S/C10H9NO3.Na/c12-10(13)9-11-8(6-14-9)7-4-2-1-3-5-7;/h1-5,8H,6H2,(H,12,13);/q;+1/p-1/t8-;/m1./s1. The van der Waals surface area contributed by atoms with Crippen LogP contribution in [0.2, 0.25) is 0 Å². The Hall–Kier alpha value is -0.840. The van der Waals surface area contributed by atoms with Crippen LogP contribution in [0, 0.1) is 0 Å². The van der Waals surface area contributed by atoms with Crippen LogP contribution in [0.4, 0.5) is 0 Å². The second-order valence-electron chi connectivity index (χ2n) is 2.96. The Morgan fingerprint density at radius 2 is 2.07 bits per heavy atom. The maximum atomic E-state index is 10.4. The van der Waals surface area contributed by atoms with Gasteiger partial charge < -0.3 is 14.6 Å². The van der Waals surface area contributed by atoms with Gasteiger partial charge in [-0.15, -0.1) is 0 Å². The fourth-order valence-corrected chi connectivity index (χ4v) is 1.33. The predicted molar refractivity (Wildman–Crippen MR) is 47.6 cm³/mol. The monoisotopic (exact) mass is 213 g/mol. The molecule has 0 aromatic heterocycles. The molecule has 5 heteroatoms. The summed E-state index contributed by atoms with van der Waals surface area (Å²) in [6.07, 6.45) is 0. The van der Waals surface area contributed by atoms with Crippen molar-refractivity contribution in [2.45, 2.75) is 6.04 Å². The van der Waals surface area contributed by atoms with E-state index in [0.717, 1.165) is 5.56 Å². The number of hydrogen-bond acceptors (Lipinski definition) is 4. The molecular weight excluding hydrogens is 205 g/mol. The molecule has 15 heavy (non-hydrogen) atoms.